The summed E-state index contributed by atoms with van der Waals surface area (Å²) in [4.78, 5) is 35.7. The molecule has 1 fully saturated rings. The summed E-state index contributed by atoms with van der Waals surface area (Å²) in [6.07, 6.45) is 1.51. The third kappa shape index (κ3) is 4.90. The molecule has 1 aliphatic rings. The minimum Gasteiger partial charge on any atom is -0.493 e. The SMILES string of the molecule is COc1cc(/C=C2/SC(=O)N(CC(=O)O)C2=O)ccc1OCc1ccccc1Cl. The van der Waals surface area contributed by atoms with Crippen LogP contribution in [-0.2, 0) is 16.2 Å². The molecule has 2 aromatic rings. The number of ether oxygens (including phenoxy) is 2. The standard InChI is InChI=1S/C20H16ClNO6S/c1-27-16-8-12(9-17-19(25)22(10-18(23)24)20(26)29-17)6-7-15(16)28-11-13-4-2-3-5-14(13)21/h2-9H,10-11H2,1H3,(H,23,24)/b17-9+. The smallest absolute Gasteiger partial charge is 0.323 e. The van der Waals surface area contributed by atoms with Gasteiger partial charge in [-0.15, -0.1) is 0 Å². The van der Waals surface area contributed by atoms with Crippen LogP contribution < -0.4 is 9.47 Å². The van der Waals surface area contributed by atoms with E-state index in [-0.39, 0.29) is 11.5 Å². The quantitative estimate of drug-likeness (QED) is 0.658. The van der Waals surface area contributed by atoms with Gasteiger partial charge in [0.15, 0.2) is 11.5 Å². The molecule has 2 aromatic carbocycles. The van der Waals surface area contributed by atoms with Gasteiger partial charge in [0.1, 0.15) is 13.2 Å². The molecule has 2 amide bonds. The number of imide groups is 1. The molecule has 0 unspecified atom stereocenters. The Kier molecular flexibility index (Phi) is 6.46. The maximum absolute atomic E-state index is 12.3. The van der Waals surface area contributed by atoms with Gasteiger partial charge in [-0.05, 0) is 41.6 Å². The fourth-order valence-corrected chi connectivity index (χ4v) is 3.62. The zero-order valence-corrected chi connectivity index (χ0v) is 16.8. The molecule has 1 heterocycles. The van der Waals surface area contributed by atoms with Crippen LogP contribution in [0.4, 0.5) is 4.79 Å². The van der Waals surface area contributed by atoms with Crippen molar-refractivity contribution in [1.82, 2.24) is 4.90 Å². The summed E-state index contributed by atoms with van der Waals surface area (Å²) in [5.74, 6) is -0.963. The van der Waals surface area contributed by atoms with Crippen molar-refractivity contribution in [3.8, 4) is 11.5 Å². The van der Waals surface area contributed by atoms with Crippen molar-refractivity contribution < 1.29 is 29.0 Å². The van der Waals surface area contributed by atoms with Gasteiger partial charge < -0.3 is 14.6 Å². The second-order valence-corrected chi connectivity index (χ2v) is 7.35. The van der Waals surface area contributed by atoms with E-state index >= 15 is 0 Å². The van der Waals surface area contributed by atoms with Gasteiger partial charge in [-0.2, -0.15) is 0 Å². The van der Waals surface area contributed by atoms with Crippen LogP contribution in [0.15, 0.2) is 47.4 Å². The number of methoxy groups -OCH3 is 1. The number of thioether (sulfide) groups is 1. The van der Waals surface area contributed by atoms with Crippen LogP contribution in [0.1, 0.15) is 11.1 Å². The Morgan fingerprint density at radius 1 is 1.21 bits per heavy atom. The van der Waals surface area contributed by atoms with Gasteiger partial charge in [0, 0.05) is 10.6 Å². The fraction of sp³-hybridized carbons (Fsp3) is 0.150. The van der Waals surface area contributed by atoms with E-state index in [0.717, 1.165) is 5.56 Å². The molecule has 0 bridgehead atoms. The molecule has 7 nitrogen and oxygen atoms in total. The van der Waals surface area contributed by atoms with E-state index in [9.17, 15) is 14.4 Å². The lowest BCUT2D eigenvalue weighted by molar-refractivity contribution is -0.140. The second-order valence-electron chi connectivity index (χ2n) is 5.95. The number of benzene rings is 2. The molecule has 1 N–H and O–H groups in total. The van der Waals surface area contributed by atoms with Crippen molar-refractivity contribution in [2.24, 2.45) is 0 Å². The van der Waals surface area contributed by atoms with Gasteiger partial charge in [-0.1, -0.05) is 35.9 Å². The molecule has 9 heteroatoms. The number of aliphatic carboxylic acids is 1. The van der Waals surface area contributed by atoms with Crippen molar-refractivity contribution in [1.29, 1.82) is 0 Å². The molecule has 1 saturated heterocycles. The maximum atomic E-state index is 12.3. The van der Waals surface area contributed by atoms with E-state index in [1.165, 1.54) is 13.2 Å². The van der Waals surface area contributed by atoms with Gasteiger partial charge >= 0.3 is 5.97 Å². The molecule has 0 atom stereocenters. The van der Waals surface area contributed by atoms with Crippen molar-refractivity contribution in [3.63, 3.8) is 0 Å². The zero-order valence-electron chi connectivity index (χ0n) is 15.3. The number of carbonyl (C=O) groups is 3. The fourth-order valence-electron chi connectivity index (χ4n) is 2.59. The molecule has 0 aliphatic carbocycles. The lowest BCUT2D eigenvalue weighted by Crippen LogP contribution is -2.33. The van der Waals surface area contributed by atoms with Crippen LogP contribution in [0.2, 0.25) is 5.02 Å². The molecule has 3 rings (SSSR count). The molecule has 0 radical (unpaired) electrons. The first-order valence-corrected chi connectivity index (χ1v) is 9.60. The summed E-state index contributed by atoms with van der Waals surface area (Å²) in [7, 11) is 1.49. The van der Waals surface area contributed by atoms with E-state index in [2.05, 4.69) is 0 Å². The average Bonchev–Trinajstić information content (AvgIpc) is 2.95. The van der Waals surface area contributed by atoms with Gasteiger partial charge in [0.2, 0.25) is 0 Å². The second kappa shape index (κ2) is 9.02. The van der Waals surface area contributed by atoms with Crippen LogP contribution in [0.5, 0.6) is 11.5 Å². The number of rotatable bonds is 7. The molecule has 0 saturated carbocycles. The first kappa shape index (κ1) is 20.8. The summed E-state index contributed by atoms with van der Waals surface area (Å²) < 4.78 is 11.1. The average molecular weight is 434 g/mol. The van der Waals surface area contributed by atoms with E-state index < -0.39 is 23.7 Å². The Hall–Kier alpha value is -2.97. The highest BCUT2D eigenvalue weighted by atomic mass is 35.5. The number of hydrogen-bond acceptors (Lipinski definition) is 6. The molecule has 0 aromatic heterocycles. The predicted octanol–water partition coefficient (Wildman–Crippen LogP) is 4.05. The summed E-state index contributed by atoms with van der Waals surface area (Å²) >= 11 is 6.83. The number of halogens is 1. The van der Waals surface area contributed by atoms with Crippen molar-refractivity contribution in [3.05, 3.63) is 63.5 Å². The summed E-state index contributed by atoms with van der Waals surface area (Å²) in [6.45, 7) is -0.413. The van der Waals surface area contributed by atoms with Crippen LogP contribution in [0.25, 0.3) is 6.08 Å². The van der Waals surface area contributed by atoms with Crippen molar-refractivity contribution in [2.45, 2.75) is 6.61 Å². The lowest BCUT2D eigenvalue weighted by Gasteiger charge is -2.12. The Labute approximate surface area is 175 Å². The highest BCUT2D eigenvalue weighted by molar-refractivity contribution is 8.18. The highest BCUT2D eigenvalue weighted by Crippen LogP contribution is 2.34. The number of amides is 2. The van der Waals surface area contributed by atoms with Gasteiger partial charge in [0.05, 0.1) is 12.0 Å². The van der Waals surface area contributed by atoms with Crippen LogP contribution in [-0.4, -0.2) is 40.8 Å². The minimum atomic E-state index is -1.25. The zero-order chi connectivity index (χ0) is 21.0. The first-order chi connectivity index (χ1) is 13.9. The molecule has 150 valence electrons. The van der Waals surface area contributed by atoms with E-state index in [1.54, 1.807) is 24.3 Å². The van der Waals surface area contributed by atoms with Gasteiger partial charge in [-0.3, -0.25) is 19.3 Å². The number of carboxylic acids is 1. The minimum absolute atomic E-state index is 0.142. The largest absolute Gasteiger partial charge is 0.493 e. The Morgan fingerprint density at radius 3 is 2.66 bits per heavy atom. The number of carboxylic acid groups (broad SMARTS) is 1. The summed E-state index contributed by atoms with van der Waals surface area (Å²) in [5.41, 5.74) is 1.43. The maximum Gasteiger partial charge on any atom is 0.323 e. The molecular weight excluding hydrogens is 418 g/mol. The molecule has 0 spiro atoms. The Balaban J connectivity index is 1.77. The Bertz CT molecular complexity index is 1010. The third-order valence-corrected chi connectivity index (χ3v) is 5.27. The highest BCUT2D eigenvalue weighted by Gasteiger charge is 2.36. The summed E-state index contributed by atoms with van der Waals surface area (Å²) in [5, 5.41) is 8.80. The predicted molar refractivity (Wildman–Crippen MR) is 109 cm³/mol. The number of nitrogens with zero attached hydrogens (tertiary/aromatic N) is 1. The monoisotopic (exact) mass is 433 g/mol. The van der Waals surface area contributed by atoms with Crippen LogP contribution >= 0.6 is 23.4 Å². The van der Waals surface area contributed by atoms with E-state index in [4.69, 9.17) is 26.2 Å². The van der Waals surface area contributed by atoms with Gasteiger partial charge in [-0.25, -0.2) is 0 Å². The van der Waals surface area contributed by atoms with Gasteiger partial charge in [0.25, 0.3) is 11.1 Å². The molecule has 1 aliphatic heterocycles. The normalized spacial score (nSPS) is 15.1. The molecular formula is C20H16ClNO6S. The lowest BCUT2D eigenvalue weighted by atomic mass is 10.1. The Morgan fingerprint density at radius 2 is 1.97 bits per heavy atom. The first-order valence-electron chi connectivity index (χ1n) is 8.40. The molecule has 29 heavy (non-hydrogen) atoms. The number of hydrogen-bond donors (Lipinski definition) is 1. The van der Waals surface area contributed by atoms with Crippen LogP contribution in [0, 0.1) is 0 Å². The summed E-state index contributed by atoms with van der Waals surface area (Å²) in [6, 6.07) is 12.4. The van der Waals surface area contributed by atoms with Crippen molar-refractivity contribution in [2.75, 3.05) is 13.7 Å². The number of carbonyl (C=O) groups excluding carboxylic acids is 2. The third-order valence-electron chi connectivity index (χ3n) is 3.99. The topological polar surface area (TPSA) is 93.1 Å². The van der Waals surface area contributed by atoms with E-state index in [1.807, 2.05) is 18.2 Å². The van der Waals surface area contributed by atoms with Crippen molar-refractivity contribution >= 4 is 46.6 Å². The van der Waals surface area contributed by atoms with E-state index in [0.29, 0.717) is 38.7 Å². The van der Waals surface area contributed by atoms with Crippen LogP contribution in [0.3, 0.4) is 0 Å².